The van der Waals surface area contributed by atoms with Gasteiger partial charge in [0.05, 0.1) is 0 Å². The van der Waals surface area contributed by atoms with Crippen LogP contribution in [0.25, 0.3) is 10.9 Å². The summed E-state index contributed by atoms with van der Waals surface area (Å²) in [5.74, 6) is 3.50. The van der Waals surface area contributed by atoms with Crippen molar-refractivity contribution in [2.75, 3.05) is 0 Å². The van der Waals surface area contributed by atoms with Crippen LogP contribution in [0.5, 0.6) is 0 Å². The molecule has 3 aromatic rings. The van der Waals surface area contributed by atoms with E-state index in [4.69, 9.17) is 0 Å². The Hall–Kier alpha value is -2.35. The zero-order valence-electron chi connectivity index (χ0n) is 20.7. The number of fused-ring (bicyclic) bond motifs is 8. The maximum atomic E-state index is 12.8. The minimum Gasteiger partial charge on any atom is -0.340 e. The van der Waals surface area contributed by atoms with E-state index in [9.17, 15) is 4.79 Å². The Kier molecular flexibility index (Phi) is 4.52. The summed E-state index contributed by atoms with van der Waals surface area (Å²) in [6.45, 7) is 5.92. The summed E-state index contributed by atoms with van der Waals surface area (Å²) in [6.07, 6.45) is 9.49. The van der Waals surface area contributed by atoms with Crippen LogP contribution in [0, 0.1) is 34.5 Å². The molecule has 2 nitrogen and oxygen atoms in total. The molecule has 2 aromatic carbocycles. The van der Waals surface area contributed by atoms with Crippen molar-refractivity contribution in [3.8, 4) is 0 Å². The molecule has 0 amide bonds. The largest absolute Gasteiger partial charge is 0.340 e. The molecule has 3 fully saturated rings. The van der Waals surface area contributed by atoms with E-state index in [1.807, 2.05) is 0 Å². The number of aromatic nitrogens is 1. The number of para-hydroxylation sites is 1. The maximum absolute atomic E-state index is 12.8. The Morgan fingerprint density at radius 3 is 2.56 bits per heavy atom. The fraction of sp³-hybridized carbons (Fsp3) is 0.531. The molecule has 0 radical (unpaired) electrons. The molecule has 0 spiro atoms. The number of hydrogen-bond acceptors (Lipinski definition) is 1. The molecular weight excluding hydrogens is 414 g/mol. The van der Waals surface area contributed by atoms with Crippen LogP contribution >= 0.6 is 0 Å². The highest BCUT2D eigenvalue weighted by molar-refractivity contribution is 5.87. The third-order valence-electron chi connectivity index (χ3n) is 11.1. The monoisotopic (exact) mass is 451 g/mol. The first-order valence-corrected chi connectivity index (χ1v) is 13.7. The van der Waals surface area contributed by atoms with Crippen LogP contribution in [-0.2, 0) is 24.2 Å². The molecule has 176 valence electrons. The molecule has 0 bridgehead atoms. The smallest absolute Gasteiger partial charge is 0.139 e. The number of Topliss-reactive ketones (excluding diaryl/α,β-unsaturated/α-hetero) is 1. The standard InChI is InChI=1S/C32H37NO/c1-31-17-16-27-24(26(31)14-15-30(31)34)13-12-22-18-29-25(19-32(22,27)2)23-10-6-7-11-28(23)33(29)20-21-8-4-3-5-9-21/h3-11,22,24,26-27H,12-20H2,1-2H3. The van der Waals surface area contributed by atoms with Crippen LogP contribution in [0.15, 0.2) is 54.6 Å². The van der Waals surface area contributed by atoms with Crippen LogP contribution in [0.4, 0.5) is 0 Å². The Morgan fingerprint density at radius 1 is 0.912 bits per heavy atom. The summed E-state index contributed by atoms with van der Waals surface area (Å²) < 4.78 is 2.64. The van der Waals surface area contributed by atoms with Crippen molar-refractivity contribution in [1.82, 2.24) is 4.57 Å². The average Bonchev–Trinajstić information content (AvgIpc) is 3.32. The first kappa shape index (κ1) is 21.0. The Labute approximate surface area is 203 Å². The van der Waals surface area contributed by atoms with Crippen molar-refractivity contribution in [2.45, 2.75) is 71.8 Å². The third kappa shape index (κ3) is 2.77. The molecule has 1 heterocycles. The third-order valence-corrected chi connectivity index (χ3v) is 11.1. The van der Waals surface area contributed by atoms with Gasteiger partial charge in [-0.25, -0.2) is 0 Å². The number of hydrogen-bond donors (Lipinski definition) is 0. The Bertz CT molecular complexity index is 1270. The summed E-state index contributed by atoms with van der Waals surface area (Å²) in [5, 5.41) is 1.48. The predicted octanol–water partition coefficient (Wildman–Crippen LogP) is 7.22. The minimum absolute atomic E-state index is 0.0180. The van der Waals surface area contributed by atoms with Gasteiger partial charge < -0.3 is 4.57 Å². The van der Waals surface area contributed by atoms with Gasteiger partial charge in [-0.2, -0.15) is 0 Å². The lowest BCUT2D eigenvalue weighted by atomic mass is 9.45. The lowest BCUT2D eigenvalue weighted by Crippen LogP contribution is -2.54. The molecule has 7 rings (SSSR count). The SMILES string of the molecule is CC12CCC3C(CCC4Cc5c(c6ccccc6n5Cc5ccccc5)CC43C)C1CCC2=O. The molecule has 34 heavy (non-hydrogen) atoms. The zero-order valence-corrected chi connectivity index (χ0v) is 20.7. The van der Waals surface area contributed by atoms with Gasteiger partial charge in [0, 0.05) is 35.0 Å². The first-order chi connectivity index (χ1) is 16.5. The number of benzene rings is 2. The molecule has 1 aromatic heterocycles. The van der Waals surface area contributed by atoms with Crippen molar-refractivity contribution in [3.63, 3.8) is 0 Å². The molecule has 0 saturated heterocycles. The normalized spacial score (nSPS) is 36.6. The number of nitrogens with zero attached hydrogens (tertiary/aromatic N) is 1. The zero-order chi connectivity index (χ0) is 23.1. The molecule has 2 heteroatoms. The van der Waals surface area contributed by atoms with E-state index in [-0.39, 0.29) is 5.41 Å². The topological polar surface area (TPSA) is 22.0 Å². The maximum Gasteiger partial charge on any atom is 0.139 e. The molecular formula is C32H37NO. The van der Waals surface area contributed by atoms with Gasteiger partial charge in [0.2, 0.25) is 0 Å². The van der Waals surface area contributed by atoms with E-state index in [2.05, 4.69) is 73.0 Å². The number of rotatable bonds is 2. The quantitative estimate of drug-likeness (QED) is 0.403. The highest BCUT2D eigenvalue weighted by Gasteiger charge is 2.60. The Balaban J connectivity index is 1.30. The molecule has 6 atom stereocenters. The molecule has 4 aliphatic rings. The van der Waals surface area contributed by atoms with Crippen molar-refractivity contribution in [3.05, 3.63) is 71.4 Å². The van der Waals surface area contributed by atoms with E-state index in [1.54, 1.807) is 11.3 Å². The summed E-state index contributed by atoms with van der Waals surface area (Å²) in [6, 6.07) is 20.1. The van der Waals surface area contributed by atoms with Gasteiger partial charge in [-0.1, -0.05) is 62.4 Å². The fourth-order valence-electron chi connectivity index (χ4n) is 9.34. The van der Waals surface area contributed by atoms with Crippen LogP contribution in [-0.4, -0.2) is 10.4 Å². The van der Waals surface area contributed by atoms with Gasteiger partial charge in [0.15, 0.2) is 0 Å². The van der Waals surface area contributed by atoms with Gasteiger partial charge in [-0.3, -0.25) is 4.79 Å². The second kappa shape index (κ2) is 7.33. The van der Waals surface area contributed by atoms with Gasteiger partial charge >= 0.3 is 0 Å². The Morgan fingerprint density at radius 2 is 1.71 bits per heavy atom. The van der Waals surface area contributed by atoms with Gasteiger partial charge in [-0.15, -0.1) is 0 Å². The van der Waals surface area contributed by atoms with E-state index in [0.29, 0.717) is 17.1 Å². The van der Waals surface area contributed by atoms with Crippen LogP contribution in [0.3, 0.4) is 0 Å². The number of ketones is 1. The summed E-state index contributed by atoms with van der Waals surface area (Å²) >= 11 is 0. The van der Waals surface area contributed by atoms with E-state index in [0.717, 1.165) is 43.6 Å². The highest BCUT2D eigenvalue weighted by atomic mass is 16.1. The van der Waals surface area contributed by atoms with E-state index < -0.39 is 0 Å². The second-order valence-corrected chi connectivity index (χ2v) is 12.5. The number of carbonyl (C=O) groups is 1. The second-order valence-electron chi connectivity index (χ2n) is 12.5. The van der Waals surface area contributed by atoms with Gasteiger partial charge in [-0.05, 0) is 91.2 Å². The van der Waals surface area contributed by atoms with E-state index in [1.165, 1.54) is 48.6 Å². The predicted molar refractivity (Wildman–Crippen MR) is 138 cm³/mol. The minimum atomic E-state index is -0.0180. The van der Waals surface area contributed by atoms with Crippen molar-refractivity contribution >= 4 is 16.7 Å². The van der Waals surface area contributed by atoms with E-state index >= 15 is 0 Å². The average molecular weight is 452 g/mol. The molecule has 0 N–H and O–H groups in total. The highest BCUT2D eigenvalue weighted by Crippen LogP contribution is 2.65. The number of carbonyl (C=O) groups excluding carboxylic acids is 1. The van der Waals surface area contributed by atoms with Crippen LogP contribution < -0.4 is 0 Å². The van der Waals surface area contributed by atoms with Crippen LogP contribution in [0.2, 0.25) is 0 Å². The lowest BCUT2D eigenvalue weighted by molar-refractivity contribution is -0.136. The molecule has 4 aliphatic carbocycles. The van der Waals surface area contributed by atoms with Crippen LogP contribution in [0.1, 0.15) is 69.2 Å². The first-order valence-electron chi connectivity index (χ1n) is 13.7. The van der Waals surface area contributed by atoms with Crippen molar-refractivity contribution in [2.24, 2.45) is 34.5 Å². The summed E-state index contributed by atoms with van der Waals surface area (Å²) in [7, 11) is 0. The summed E-state index contributed by atoms with van der Waals surface area (Å²) in [5.41, 5.74) is 6.37. The van der Waals surface area contributed by atoms with Crippen molar-refractivity contribution < 1.29 is 4.79 Å². The van der Waals surface area contributed by atoms with Crippen molar-refractivity contribution in [1.29, 1.82) is 0 Å². The molecule has 0 aliphatic heterocycles. The summed E-state index contributed by atoms with van der Waals surface area (Å²) in [4.78, 5) is 12.8. The molecule has 6 unspecified atom stereocenters. The lowest BCUT2D eigenvalue weighted by Gasteiger charge is -2.59. The van der Waals surface area contributed by atoms with Gasteiger partial charge in [0.25, 0.3) is 0 Å². The van der Waals surface area contributed by atoms with Gasteiger partial charge in [0.1, 0.15) is 5.78 Å². The molecule has 3 saturated carbocycles. The fourth-order valence-corrected chi connectivity index (χ4v) is 9.34.